The Hall–Kier alpha value is -1.36. The van der Waals surface area contributed by atoms with Crippen molar-refractivity contribution in [3.05, 3.63) is 74.7 Å². The fraction of sp³-hybridized carbons (Fsp3) is 0.0625. The lowest BCUT2D eigenvalue weighted by Crippen LogP contribution is -2.01. The van der Waals surface area contributed by atoms with Gasteiger partial charge in [-0.1, -0.05) is 29.3 Å². The highest BCUT2D eigenvalue weighted by atomic mass is 79.9. The molecule has 0 amide bonds. The van der Waals surface area contributed by atoms with Gasteiger partial charge in [-0.2, -0.15) is 0 Å². The van der Waals surface area contributed by atoms with Gasteiger partial charge in [0.05, 0.1) is 14.5 Å². The third kappa shape index (κ3) is 3.19. The van der Waals surface area contributed by atoms with E-state index < -0.39 is 0 Å². The second kappa shape index (κ2) is 6.41. The molecule has 1 aromatic heterocycles. The van der Waals surface area contributed by atoms with Gasteiger partial charge in [0.1, 0.15) is 11.6 Å². The van der Waals surface area contributed by atoms with Gasteiger partial charge < -0.3 is 4.57 Å². The number of benzene rings is 2. The molecule has 0 saturated carbocycles. The molecule has 0 bridgehead atoms. The van der Waals surface area contributed by atoms with Crippen LogP contribution < -0.4 is 0 Å². The van der Waals surface area contributed by atoms with Crippen LogP contribution in [0.4, 0.5) is 4.39 Å². The van der Waals surface area contributed by atoms with Crippen molar-refractivity contribution in [1.82, 2.24) is 9.55 Å². The minimum absolute atomic E-state index is 0.279. The van der Waals surface area contributed by atoms with Crippen molar-refractivity contribution < 1.29 is 4.39 Å². The van der Waals surface area contributed by atoms with Crippen molar-refractivity contribution in [2.45, 2.75) is 6.54 Å². The molecule has 0 fully saturated rings. The van der Waals surface area contributed by atoms with Gasteiger partial charge in [0.2, 0.25) is 0 Å². The van der Waals surface area contributed by atoms with Crippen molar-refractivity contribution in [2.24, 2.45) is 0 Å². The molecule has 0 atom stereocenters. The number of imidazole rings is 1. The van der Waals surface area contributed by atoms with Crippen LogP contribution in [0.15, 0.2) is 53.3 Å². The Morgan fingerprint density at radius 2 is 1.91 bits per heavy atom. The molecule has 3 rings (SSSR count). The van der Waals surface area contributed by atoms with Gasteiger partial charge in [-0.15, -0.1) is 0 Å². The molecule has 0 aliphatic carbocycles. The number of aromatic nitrogens is 2. The second-order valence-corrected chi connectivity index (χ2v) is 6.42. The van der Waals surface area contributed by atoms with Crippen molar-refractivity contribution in [1.29, 1.82) is 0 Å². The highest BCUT2D eigenvalue weighted by Gasteiger charge is 2.09. The van der Waals surface area contributed by atoms with Crippen LogP contribution in [0.25, 0.3) is 11.4 Å². The molecule has 2 nitrogen and oxygen atoms in total. The maximum atomic E-state index is 13.3. The number of hydrogen-bond donors (Lipinski definition) is 0. The first-order valence-electron chi connectivity index (χ1n) is 6.45. The van der Waals surface area contributed by atoms with Gasteiger partial charge in [0, 0.05) is 24.5 Å². The molecule has 0 spiro atoms. The monoisotopic (exact) mass is 398 g/mol. The van der Waals surface area contributed by atoms with Crippen LogP contribution in [0.1, 0.15) is 5.56 Å². The number of rotatable bonds is 3. The van der Waals surface area contributed by atoms with Crippen molar-refractivity contribution in [2.75, 3.05) is 0 Å². The van der Waals surface area contributed by atoms with Crippen LogP contribution in [0.5, 0.6) is 0 Å². The van der Waals surface area contributed by atoms with Gasteiger partial charge in [-0.3, -0.25) is 0 Å². The summed E-state index contributed by atoms with van der Waals surface area (Å²) in [7, 11) is 0. The minimum atomic E-state index is -0.279. The summed E-state index contributed by atoms with van der Waals surface area (Å²) in [4.78, 5) is 4.37. The Bertz CT molecular complexity index is 833. The van der Waals surface area contributed by atoms with Crippen molar-refractivity contribution in [3.8, 4) is 11.4 Å². The van der Waals surface area contributed by atoms with Crippen LogP contribution in [-0.4, -0.2) is 9.55 Å². The molecule has 0 radical (unpaired) electrons. The summed E-state index contributed by atoms with van der Waals surface area (Å²) in [5.74, 6) is 0.498. The van der Waals surface area contributed by atoms with Gasteiger partial charge in [-0.25, -0.2) is 9.37 Å². The normalized spacial score (nSPS) is 10.9. The van der Waals surface area contributed by atoms with Crippen molar-refractivity contribution >= 4 is 39.1 Å². The predicted octanol–water partition coefficient (Wildman–Crippen LogP) is 5.81. The Morgan fingerprint density at radius 1 is 1.09 bits per heavy atom. The average molecular weight is 400 g/mol. The zero-order chi connectivity index (χ0) is 15.7. The maximum absolute atomic E-state index is 13.3. The topological polar surface area (TPSA) is 17.8 Å². The zero-order valence-electron chi connectivity index (χ0n) is 11.2. The Kier molecular flexibility index (Phi) is 4.52. The quantitative estimate of drug-likeness (QED) is 0.543. The first kappa shape index (κ1) is 15.5. The lowest BCUT2D eigenvalue weighted by atomic mass is 10.2. The van der Waals surface area contributed by atoms with Crippen molar-refractivity contribution in [3.63, 3.8) is 0 Å². The van der Waals surface area contributed by atoms with Gasteiger partial charge >= 0.3 is 0 Å². The predicted molar refractivity (Wildman–Crippen MR) is 90.9 cm³/mol. The fourth-order valence-electron chi connectivity index (χ4n) is 2.17. The summed E-state index contributed by atoms with van der Waals surface area (Å²) in [6, 6.07) is 10.3. The number of nitrogens with zero attached hydrogens (tertiary/aromatic N) is 2. The molecule has 0 aliphatic rings. The smallest absolute Gasteiger partial charge is 0.140 e. The molecule has 6 heteroatoms. The van der Waals surface area contributed by atoms with Crippen LogP contribution in [-0.2, 0) is 6.54 Å². The van der Waals surface area contributed by atoms with E-state index in [4.69, 9.17) is 23.2 Å². The molecule has 0 aliphatic heterocycles. The standard InChI is InChI=1S/C16H10BrCl2FN2/c17-12-7-10(1-4-15(12)20)9-22-6-5-21-16(22)11-2-3-13(18)14(19)8-11/h1-8H,9H2. The van der Waals surface area contributed by atoms with Gasteiger partial charge in [0.25, 0.3) is 0 Å². The molecule has 0 saturated heterocycles. The summed E-state index contributed by atoms with van der Waals surface area (Å²) in [5.41, 5.74) is 1.84. The summed E-state index contributed by atoms with van der Waals surface area (Å²) < 4.78 is 15.7. The Labute approximate surface area is 145 Å². The molecule has 2 aromatic carbocycles. The zero-order valence-corrected chi connectivity index (χ0v) is 14.3. The average Bonchev–Trinajstić information content (AvgIpc) is 2.94. The first-order chi connectivity index (χ1) is 10.5. The van der Waals surface area contributed by atoms with E-state index >= 15 is 0 Å². The van der Waals surface area contributed by atoms with E-state index in [1.807, 2.05) is 16.8 Å². The first-order valence-corrected chi connectivity index (χ1v) is 8.00. The Morgan fingerprint density at radius 3 is 2.64 bits per heavy atom. The third-order valence-corrected chi connectivity index (χ3v) is 4.58. The van der Waals surface area contributed by atoms with Crippen LogP contribution in [0.2, 0.25) is 10.0 Å². The van der Waals surface area contributed by atoms with Crippen LogP contribution in [0.3, 0.4) is 0 Å². The molecule has 3 aromatic rings. The maximum Gasteiger partial charge on any atom is 0.140 e. The van der Waals surface area contributed by atoms with E-state index in [9.17, 15) is 4.39 Å². The molecular formula is C16H10BrCl2FN2. The number of hydrogen-bond acceptors (Lipinski definition) is 1. The lowest BCUT2D eigenvalue weighted by molar-refractivity contribution is 0.619. The van der Waals surface area contributed by atoms with E-state index in [0.717, 1.165) is 17.0 Å². The van der Waals surface area contributed by atoms with Gasteiger partial charge in [0.15, 0.2) is 0 Å². The molecule has 0 N–H and O–H groups in total. The van der Waals surface area contributed by atoms with Crippen LogP contribution in [0, 0.1) is 5.82 Å². The molecule has 1 heterocycles. The fourth-order valence-corrected chi connectivity index (χ4v) is 2.89. The molecular weight excluding hydrogens is 390 g/mol. The SMILES string of the molecule is Fc1ccc(Cn2ccnc2-c2ccc(Cl)c(Cl)c2)cc1Br. The minimum Gasteiger partial charge on any atom is -0.327 e. The number of halogens is 4. The highest BCUT2D eigenvalue weighted by molar-refractivity contribution is 9.10. The largest absolute Gasteiger partial charge is 0.327 e. The third-order valence-electron chi connectivity index (χ3n) is 3.23. The van der Waals surface area contributed by atoms with Gasteiger partial charge in [-0.05, 0) is 51.8 Å². The highest BCUT2D eigenvalue weighted by Crippen LogP contribution is 2.28. The van der Waals surface area contributed by atoms with E-state index in [1.54, 1.807) is 30.5 Å². The Balaban J connectivity index is 1.94. The lowest BCUT2D eigenvalue weighted by Gasteiger charge is -2.09. The molecule has 0 unspecified atom stereocenters. The molecule has 22 heavy (non-hydrogen) atoms. The van der Waals surface area contributed by atoms with E-state index in [1.165, 1.54) is 6.07 Å². The van der Waals surface area contributed by atoms with Crippen LogP contribution >= 0.6 is 39.1 Å². The van der Waals surface area contributed by atoms with E-state index in [0.29, 0.717) is 21.1 Å². The summed E-state index contributed by atoms with van der Waals surface area (Å²) >= 11 is 15.2. The second-order valence-electron chi connectivity index (χ2n) is 4.76. The summed E-state index contributed by atoms with van der Waals surface area (Å²) in [6.45, 7) is 0.578. The summed E-state index contributed by atoms with van der Waals surface area (Å²) in [6.07, 6.45) is 3.59. The molecule has 112 valence electrons. The summed E-state index contributed by atoms with van der Waals surface area (Å²) in [5, 5.41) is 0.990. The van der Waals surface area contributed by atoms with E-state index in [-0.39, 0.29) is 5.82 Å². The van der Waals surface area contributed by atoms with E-state index in [2.05, 4.69) is 20.9 Å².